The van der Waals surface area contributed by atoms with Crippen LogP contribution < -0.4 is 10.1 Å². The summed E-state index contributed by atoms with van der Waals surface area (Å²) in [5.74, 6) is -1.87. The summed E-state index contributed by atoms with van der Waals surface area (Å²) in [6.07, 6.45) is 1.55. The minimum Gasteiger partial charge on any atom is -0.486 e. The molecule has 174 valence electrons. The molecule has 1 heterocycles. The number of ether oxygens (including phenoxy) is 1. The Morgan fingerprint density at radius 1 is 0.971 bits per heavy atom. The van der Waals surface area contributed by atoms with Gasteiger partial charge in [-0.05, 0) is 42.0 Å². The molecule has 0 saturated carbocycles. The summed E-state index contributed by atoms with van der Waals surface area (Å²) in [6, 6.07) is 14.8. The van der Waals surface area contributed by atoms with E-state index in [1.807, 2.05) is 0 Å². The van der Waals surface area contributed by atoms with Crippen LogP contribution in [0.25, 0.3) is 0 Å². The molecule has 0 aliphatic heterocycles. The summed E-state index contributed by atoms with van der Waals surface area (Å²) in [5.41, 5.74) is 1.61. The van der Waals surface area contributed by atoms with E-state index in [1.165, 1.54) is 10.7 Å². The topological polar surface area (TPSA) is 56.2 Å². The summed E-state index contributed by atoms with van der Waals surface area (Å²) >= 11 is 18.7. The van der Waals surface area contributed by atoms with Crippen LogP contribution in [0.2, 0.25) is 15.1 Å². The van der Waals surface area contributed by atoms with Crippen molar-refractivity contribution in [3.05, 3.63) is 110 Å². The number of nitrogens with zero attached hydrogens (tertiary/aromatic N) is 2. The first-order valence-corrected chi connectivity index (χ1v) is 11.1. The average molecular weight is 523 g/mol. The lowest BCUT2D eigenvalue weighted by Gasteiger charge is -2.09. The molecule has 4 aromatic rings. The second kappa shape index (κ2) is 10.4. The van der Waals surface area contributed by atoms with E-state index in [1.54, 1.807) is 48.7 Å². The van der Waals surface area contributed by atoms with Crippen molar-refractivity contribution >= 4 is 46.5 Å². The van der Waals surface area contributed by atoms with Gasteiger partial charge in [0.1, 0.15) is 17.4 Å². The Balaban J connectivity index is 1.44. The Labute approximate surface area is 208 Å². The van der Waals surface area contributed by atoms with Crippen molar-refractivity contribution in [3.63, 3.8) is 0 Å². The lowest BCUT2D eigenvalue weighted by atomic mass is 10.1. The molecule has 3 aromatic carbocycles. The van der Waals surface area contributed by atoms with Crippen LogP contribution in [0.1, 0.15) is 21.5 Å². The Morgan fingerprint density at radius 3 is 2.44 bits per heavy atom. The van der Waals surface area contributed by atoms with Crippen LogP contribution in [-0.4, -0.2) is 15.7 Å². The van der Waals surface area contributed by atoms with E-state index in [4.69, 9.17) is 39.5 Å². The van der Waals surface area contributed by atoms with Gasteiger partial charge in [0, 0.05) is 33.4 Å². The molecule has 4 rings (SSSR count). The zero-order valence-electron chi connectivity index (χ0n) is 17.4. The number of halogens is 5. The maximum absolute atomic E-state index is 13.8. The maximum Gasteiger partial charge on any atom is 0.256 e. The first-order chi connectivity index (χ1) is 16.3. The predicted octanol–water partition coefficient (Wildman–Crippen LogP) is 7.00. The van der Waals surface area contributed by atoms with Crippen molar-refractivity contribution in [3.8, 4) is 5.75 Å². The van der Waals surface area contributed by atoms with Crippen LogP contribution in [0.5, 0.6) is 5.75 Å². The molecule has 1 N–H and O–H groups in total. The third-order valence-electron chi connectivity index (χ3n) is 4.81. The molecule has 5 nitrogen and oxygen atoms in total. The molecule has 0 spiro atoms. The van der Waals surface area contributed by atoms with Crippen molar-refractivity contribution < 1.29 is 18.3 Å². The van der Waals surface area contributed by atoms with E-state index >= 15 is 0 Å². The van der Waals surface area contributed by atoms with E-state index in [2.05, 4.69) is 10.4 Å². The molecule has 10 heteroatoms. The number of carbonyl (C=O) groups is 1. The summed E-state index contributed by atoms with van der Waals surface area (Å²) in [5, 5.41) is 8.19. The van der Waals surface area contributed by atoms with Gasteiger partial charge >= 0.3 is 0 Å². The number of hydrogen-bond acceptors (Lipinski definition) is 3. The van der Waals surface area contributed by atoms with Crippen LogP contribution in [-0.2, 0) is 13.2 Å². The highest BCUT2D eigenvalue weighted by molar-refractivity contribution is 6.36. The number of aromatic nitrogens is 2. The highest BCUT2D eigenvalue weighted by atomic mass is 35.5. The van der Waals surface area contributed by atoms with Gasteiger partial charge in [-0.25, -0.2) is 8.78 Å². The number of anilines is 1. The number of nitrogens with one attached hydrogen (secondary N) is 1. The first-order valence-electron chi connectivity index (χ1n) is 9.94. The summed E-state index contributed by atoms with van der Waals surface area (Å²) in [6.45, 7) is 0.249. The minimum atomic E-state index is -0.808. The zero-order chi connectivity index (χ0) is 24.2. The van der Waals surface area contributed by atoms with Gasteiger partial charge in [-0.15, -0.1) is 0 Å². The Morgan fingerprint density at radius 2 is 1.71 bits per heavy atom. The fourth-order valence-electron chi connectivity index (χ4n) is 3.14. The summed E-state index contributed by atoms with van der Waals surface area (Å²) in [7, 11) is 0. The summed E-state index contributed by atoms with van der Waals surface area (Å²) < 4.78 is 33.7. The third kappa shape index (κ3) is 5.67. The normalized spacial score (nSPS) is 10.9. The fourth-order valence-corrected chi connectivity index (χ4v) is 3.86. The van der Waals surface area contributed by atoms with E-state index in [9.17, 15) is 13.6 Å². The quantitative estimate of drug-likeness (QED) is 0.284. The molecule has 34 heavy (non-hydrogen) atoms. The van der Waals surface area contributed by atoms with Crippen molar-refractivity contribution in [2.45, 2.75) is 13.2 Å². The standard InChI is InChI=1S/C24H16Cl3F2N3O2/c25-18-5-2-6-19(26)17(18)11-32-12-20(27)23(31-32)30-24(33)15-4-1-3-14(9-15)13-34-22-8-7-16(28)10-21(22)29/h1-10,12H,11,13H2,(H,30,31,33). The number of hydrogen-bond donors (Lipinski definition) is 1. The second-order valence-electron chi connectivity index (χ2n) is 7.24. The Bertz CT molecular complexity index is 1340. The maximum atomic E-state index is 13.8. The molecular weight excluding hydrogens is 507 g/mol. The monoisotopic (exact) mass is 521 g/mol. The van der Waals surface area contributed by atoms with Gasteiger partial charge in [-0.1, -0.05) is 53.0 Å². The van der Waals surface area contributed by atoms with Crippen molar-refractivity contribution in [1.29, 1.82) is 0 Å². The minimum absolute atomic E-state index is 0.0162. The summed E-state index contributed by atoms with van der Waals surface area (Å²) in [4.78, 5) is 12.8. The lowest BCUT2D eigenvalue weighted by molar-refractivity contribution is 0.102. The van der Waals surface area contributed by atoms with E-state index in [0.29, 0.717) is 26.7 Å². The lowest BCUT2D eigenvalue weighted by Crippen LogP contribution is -2.13. The molecule has 0 fully saturated rings. The van der Waals surface area contributed by atoms with Crippen LogP contribution in [0.15, 0.2) is 66.9 Å². The predicted molar refractivity (Wildman–Crippen MR) is 128 cm³/mol. The SMILES string of the molecule is O=C(Nc1nn(Cc2c(Cl)cccc2Cl)cc1Cl)c1cccc(COc2ccc(F)cc2F)c1. The van der Waals surface area contributed by atoms with Crippen molar-refractivity contribution in [2.24, 2.45) is 0 Å². The van der Waals surface area contributed by atoms with Crippen LogP contribution in [0, 0.1) is 11.6 Å². The fraction of sp³-hybridized carbons (Fsp3) is 0.0833. The van der Waals surface area contributed by atoms with Gasteiger partial charge in [-0.2, -0.15) is 5.10 Å². The van der Waals surface area contributed by atoms with E-state index in [0.717, 1.165) is 12.1 Å². The molecule has 0 radical (unpaired) electrons. The molecule has 1 aromatic heterocycles. The highest BCUT2D eigenvalue weighted by Gasteiger charge is 2.15. The Kier molecular flexibility index (Phi) is 7.36. The Hall–Kier alpha value is -3.13. The zero-order valence-corrected chi connectivity index (χ0v) is 19.6. The smallest absolute Gasteiger partial charge is 0.256 e. The number of carbonyl (C=O) groups excluding carboxylic acids is 1. The van der Waals surface area contributed by atoms with Gasteiger partial charge in [-0.3, -0.25) is 9.48 Å². The largest absolute Gasteiger partial charge is 0.486 e. The van der Waals surface area contributed by atoms with E-state index in [-0.39, 0.29) is 29.7 Å². The van der Waals surface area contributed by atoms with Crippen LogP contribution >= 0.6 is 34.8 Å². The van der Waals surface area contributed by atoms with Gasteiger partial charge in [0.2, 0.25) is 0 Å². The average Bonchev–Trinajstić information content (AvgIpc) is 3.14. The molecule has 1 amide bonds. The van der Waals surface area contributed by atoms with E-state index < -0.39 is 17.5 Å². The van der Waals surface area contributed by atoms with Crippen LogP contribution in [0.3, 0.4) is 0 Å². The van der Waals surface area contributed by atoms with Crippen LogP contribution in [0.4, 0.5) is 14.6 Å². The van der Waals surface area contributed by atoms with Crippen molar-refractivity contribution in [1.82, 2.24) is 9.78 Å². The molecule has 0 unspecified atom stereocenters. The van der Waals surface area contributed by atoms with Crippen molar-refractivity contribution in [2.75, 3.05) is 5.32 Å². The van der Waals surface area contributed by atoms with Gasteiger partial charge in [0.05, 0.1) is 6.54 Å². The molecular formula is C24H16Cl3F2N3O2. The molecule has 0 saturated heterocycles. The second-order valence-corrected chi connectivity index (χ2v) is 8.46. The third-order valence-corrected chi connectivity index (χ3v) is 5.79. The molecule has 0 bridgehead atoms. The molecule has 0 aliphatic carbocycles. The molecule has 0 aliphatic rings. The number of amides is 1. The first kappa shape index (κ1) is 24.0. The molecule has 0 atom stereocenters. The number of rotatable bonds is 7. The van der Waals surface area contributed by atoms with Gasteiger partial charge in [0.15, 0.2) is 17.4 Å². The number of benzene rings is 3. The highest BCUT2D eigenvalue weighted by Crippen LogP contribution is 2.27. The van der Waals surface area contributed by atoms with Gasteiger partial charge in [0.25, 0.3) is 5.91 Å². The van der Waals surface area contributed by atoms with Gasteiger partial charge < -0.3 is 10.1 Å².